The first-order valence-electron chi connectivity index (χ1n) is 5.98. The molecule has 2 rings (SSSR count). The number of hydrogen-bond acceptors (Lipinski definition) is 6. The summed E-state index contributed by atoms with van der Waals surface area (Å²) in [6.07, 6.45) is 5.72. The minimum atomic E-state index is -0.204. The van der Waals surface area contributed by atoms with Crippen LogP contribution >= 0.6 is 11.5 Å². The number of rotatable bonds is 4. The molecule has 0 aromatic carbocycles. The van der Waals surface area contributed by atoms with Crippen LogP contribution in [-0.4, -0.2) is 28.0 Å². The molecule has 1 aromatic heterocycles. The van der Waals surface area contributed by atoms with E-state index in [0.29, 0.717) is 5.13 Å². The average Bonchev–Trinajstić information content (AvgIpc) is 2.74. The molecule has 0 atom stereocenters. The molecule has 1 heterocycles. The summed E-state index contributed by atoms with van der Waals surface area (Å²) in [5.74, 6) is 0.517. The molecule has 0 bridgehead atoms. The van der Waals surface area contributed by atoms with Crippen molar-refractivity contribution in [2.45, 2.75) is 45.1 Å². The Labute approximate surface area is 105 Å². The molecular formula is C11H17N3O2S. The van der Waals surface area contributed by atoms with Crippen LogP contribution in [0, 0.1) is 6.92 Å². The Bertz CT molecular complexity index is 375. The van der Waals surface area contributed by atoms with Gasteiger partial charge in [-0.3, -0.25) is 4.79 Å². The van der Waals surface area contributed by atoms with Gasteiger partial charge in [0.15, 0.2) is 0 Å². The van der Waals surface area contributed by atoms with E-state index in [1.807, 2.05) is 6.92 Å². The number of carbonyl (C=O) groups excluding carboxylic acids is 1. The average molecular weight is 255 g/mol. The predicted octanol–water partition coefficient (Wildman–Crippen LogP) is 2.13. The molecule has 94 valence electrons. The second kappa shape index (κ2) is 5.95. The lowest BCUT2D eigenvalue weighted by Gasteiger charge is -2.21. The van der Waals surface area contributed by atoms with Gasteiger partial charge in [0.05, 0.1) is 0 Å². The van der Waals surface area contributed by atoms with Crippen molar-refractivity contribution in [3.63, 3.8) is 0 Å². The largest absolute Gasteiger partial charge is 0.461 e. The van der Waals surface area contributed by atoms with Crippen molar-refractivity contribution in [2.75, 3.05) is 11.9 Å². The van der Waals surface area contributed by atoms with E-state index in [-0.39, 0.29) is 18.6 Å². The summed E-state index contributed by atoms with van der Waals surface area (Å²) >= 11 is 1.26. The van der Waals surface area contributed by atoms with Crippen molar-refractivity contribution in [3.05, 3.63) is 5.82 Å². The van der Waals surface area contributed by atoms with Crippen LogP contribution in [0.1, 0.15) is 37.9 Å². The van der Waals surface area contributed by atoms with Gasteiger partial charge in [-0.2, -0.15) is 4.37 Å². The summed E-state index contributed by atoms with van der Waals surface area (Å²) in [7, 11) is 0. The molecule has 1 aromatic rings. The summed E-state index contributed by atoms with van der Waals surface area (Å²) < 4.78 is 9.40. The molecule has 1 fully saturated rings. The van der Waals surface area contributed by atoms with Gasteiger partial charge < -0.3 is 10.1 Å². The standard InChI is InChI=1S/C11H17N3O2S/c1-8-13-11(17-14-8)12-7-10(15)16-9-5-3-2-4-6-9/h9H,2-7H2,1H3,(H,12,13,14). The number of anilines is 1. The monoisotopic (exact) mass is 255 g/mol. The molecule has 1 aliphatic carbocycles. The van der Waals surface area contributed by atoms with Crippen molar-refractivity contribution in [2.24, 2.45) is 0 Å². The fraction of sp³-hybridized carbons (Fsp3) is 0.727. The van der Waals surface area contributed by atoms with Gasteiger partial charge in [0.1, 0.15) is 18.5 Å². The van der Waals surface area contributed by atoms with Gasteiger partial charge >= 0.3 is 5.97 Å². The second-order valence-corrected chi connectivity index (χ2v) is 5.00. The van der Waals surface area contributed by atoms with E-state index in [0.717, 1.165) is 18.7 Å². The van der Waals surface area contributed by atoms with Gasteiger partial charge in [-0.15, -0.1) is 0 Å². The Balaban J connectivity index is 1.70. The van der Waals surface area contributed by atoms with E-state index in [4.69, 9.17) is 4.74 Å². The minimum absolute atomic E-state index is 0.120. The highest BCUT2D eigenvalue weighted by Crippen LogP contribution is 2.20. The maximum Gasteiger partial charge on any atom is 0.325 e. The Kier molecular flexibility index (Phi) is 4.30. The first kappa shape index (κ1) is 12.3. The lowest BCUT2D eigenvalue weighted by Crippen LogP contribution is -2.25. The highest BCUT2D eigenvalue weighted by atomic mass is 32.1. The SMILES string of the molecule is Cc1nsc(NCC(=O)OC2CCCCC2)n1. The number of aromatic nitrogens is 2. The van der Waals surface area contributed by atoms with Crippen molar-refractivity contribution >= 4 is 22.6 Å². The number of nitrogens with one attached hydrogen (secondary N) is 1. The third-order valence-corrected chi connectivity index (χ3v) is 3.53. The number of carbonyl (C=O) groups is 1. The van der Waals surface area contributed by atoms with Crippen LogP contribution in [0.5, 0.6) is 0 Å². The fourth-order valence-corrected chi connectivity index (χ4v) is 2.50. The highest BCUT2D eigenvalue weighted by Gasteiger charge is 2.17. The minimum Gasteiger partial charge on any atom is -0.461 e. The Morgan fingerprint density at radius 2 is 2.24 bits per heavy atom. The molecule has 0 spiro atoms. The summed E-state index contributed by atoms with van der Waals surface area (Å²) in [5, 5.41) is 3.59. The van der Waals surface area contributed by atoms with Gasteiger partial charge in [-0.25, -0.2) is 4.98 Å². The van der Waals surface area contributed by atoms with Crippen LogP contribution in [0.15, 0.2) is 0 Å². The Hall–Kier alpha value is -1.17. The van der Waals surface area contributed by atoms with E-state index in [2.05, 4.69) is 14.7 Å². The lowest BCUT2D eigenvalue weighted by atomic mass is 9.98. The van der Waals surface area contributed by atoms with Crippen molar-refractivity contribution in [1.82, 2.24) is 9.36 Å². The quantitative estimate of drug-likeness (QED) is 0.835. The zero-order chi connectivity index (χ0) is 12.1. The van der Waals surface area contributed by atoms with Crippen molar-refractivity contribution in [3.8, 4) is 0 Å². The number of ether oxygens (including phenoxy) is 1. The maximum absolute atomic E-state index is 11.6. The van der Waals surface area contributed by atoms with Gasteiger partial charge in [-0.1, -0.05) is 6.42 Å². The number of aryl methyl sites for hydroxylation is 1. The van der Waals surface area contributed by atoms with E-state index >= 15 is 0 Å². The topological polar surface area (TPSA) is 64.1 Å². The molecular weight excluding hydrogens is 238 g/mol. The number of hydrogen-bond donors (Lipinski definition) is 1. The fourth-order valence-electron chi connectivity index (χ4n) is 1.93. The molecule has 5 nitrogen and oxygen atoms in total. The maximum atomic E-state index is 11.6. The number of esters is 1. The molecule has 1 saturated carbocycles. The Morgan fingerprint density at radius 3 is 2.88 bits per heavy atom. The third kappa shape index (κ3) is 3.96. The van der Waals surface area contributed by atoms with Crippen LogP contribution in [0.25, 0.3) is 0 Å². The predicted molar refractivity (Wildman–Crippen MR) is 66.1 cm³/mol. The zero-order valence-corrected chi connectivity index (χ0v) is 10.8. The molecule has 0 amide bonds. The molecule has 0 aliphatic heterocycles. The number of nitrogens with zero attached hydrogens (tertiary/aromatic N) is 2. The summed E-state index contributed by atoms with van der Waals surface area (Å²) in [6.45, 7) is 1.99. The van der Waals surface area contributed by atoms with Crippen molar-refractivity contribution in [1.29, 1.82) is 0 Å². The van der Waals surface area contributed by atoms with Crippen LogP contribution in [0.4, 0.5) is 5.13 Å². The van der Waals surface area contributed by atoms with Crippen molar-refractivity contribution < 1.29 is 9.53 Å². The first-order chi connectivity index (χ1) is 8.24. The molecule has 1 aliphatic rings. The smallest absolute Gasteiger partial charge is 0.325 e. The molecule has 6 heteroatoms. The summed E-state index contributed by atoms with van der Waals surface area (Å²) in [6, 6.07) is 0. The molecule has 17 heavy (non-hydrogen) atoms. The van der Waals surface area contributed by atoms with Gasteiger partial charge in [0.2, 0.25) is 5.13 Å². The first-order valence-corrected chi connectivity index (χ1v) is 6.75. The molecule has 0 radical (unpaired) electrons. The molecule has 1 N–H and O–H groups in total. The summed E-state index contributed by atoms with van der Waals surface area (Å²) in [4.78, 5) is 15.7. The van der Waals surface area contributed by atoms with Gasteiger partial charge in [0.25, 0.3) is 0 Å². The van der Waals surface area contributed by atoms with E-state index in [1.165, 1.54) is 30.8 Å². The normalized spacial score (nSPS) is 16.8. The molecule has 0 saturated heterocycles. The lowest BCUT2D eigenvalue weighted by molar-refractivity contribution is -0.148. The summed E-state index contributed by atoms with van der Waals surface area (Å²) in [5.41, 5.74) is 0. The zero-order valence-electron chi connectivity index (χ0n) is 9.94. The van der Waals surface area contributed by atoms with E-state index in [1.54, 1.807) is 0 Å². The molecule has 0 unspecified atom stereocenters. The Morgan fingerprint density at radius 1 is 1.47 bits per heavy atom. The van der Waals surface area contributed by atoms with Crippen LogP contribution < -0.4 is 5.32 Å². The van der Waals surface area contributed by atoms with E-state index in [9.17, 15) is 4.79 Å². The van der Waals surface area contributed by atoms with Gasteiger partial charge in [-0.05, 0) is 32.6 Å². The van der Waals surface area contributed by atoms with E-state index < -0.39 is 0 Å². The second-order valence-electron chi connectivity index (χ2n) is 4.25. The van der Waals surface area contributed by atoms with Crippen LogP contribution in [0.3, 0.4) is 0 Å². The van der Waals surface area contributed by atoms with Crippen LogP contribution in [0.2, 0.25) is 0 Å². The van der Waals surface area contributed by atoms with Gasteiger partial charge in [0, 0.05) is 11.5 Å². The highest BCUT2D eigenvalue weighted by molar-refractivity contribution is 7.09. The third-order valence-electron chi connectivity index (χ3n) is 2.76. The van der Waals surface area contributed by atoms with Crippen LogP contribution in [-0.2, 0) is 9.53 Å².